The van der Waals surface area contributed by atoms with E-state index in [1.165, 1.54) is 14.0 Å². The van der Waals surface area contributed by atoms with E-state index in [1.807, 2.05) is 6.92 Å². The molecule has 8 heteroatoms. The summed E-state index contributed by atoms with van der Waals surface area (Å²) in [5, 5.41) is 3.01. The van der Waals surface area contributed by atoms with Gasteiger partial charge in [0.15, 0.2) is 6.10 Å². The zero-order valence-corrected chi connectivity index (χ0v) is 17.5. The second kappa shape index (κ2) is 10.7. The molecule has 2 aromatic carbocycles. The molecule has 7 nitrogen and oxygen atoms in total. The Hall–Kier alpha value is -2.77. The summed E-state index contributed by atoms with van der Waals surface area (Å²) in [4.78, 5) is 24.8. The number of rotatable bonds is 9. The Labute approximate surface area is 174 Å². The van der Waals surface area contributed by atoms with E-state index in [0.717, 1.165) is 0 Å². The molecule has 2 rings (SSSR count). The third-order valence-electron chi connectivity index (χ3n) is 4.05. The van der Waals surface area contributed by atoms with Gasteiger partial charge in [-0.15, -0.1) is 0 Å². The highest BCUT2D eigenvalue weighted by Crippen LogP contribution is 2.27. The maximum atomic E-state index is 12.5. The van der Waals surface area contributed by atoms with Gasteiger partial charge in [0, 0.05) is 17.9 Å². The first kappa shape index (κ1) is 22.5. The number of carbonyl (C=O) groups is 2. The number of methoxy groups -OCH3 is 2. The van der Waals surface area contributed by atoms with Crippen LogP contribution in [0.1, 0.15) is 29.8 Å². The molecule has 0 unspecified atom stereocenters. The van der Waals surface area contributed by atoms with E-state index >= 15 is 0 Å². The van der Waals surface area contributed by atoms with Crippen LogP contribution in [0.4, 0.5) is 5.69 Å². The summed E-state index contributed by atoms with van der Waals surface area (Å²) >= 11 is 6.05. The van der Waals surface area contributed by atoms with Gasteiger partial charge in [0.1, 0.15) is 11.5 Å². The topological polar surface area (TPSA) is 83.1 Å². The molecular formula is C21H24ClNO6. The maximum absolute atomic E-state index is 12.5. The Morgan fingerprint density at radius 2 is 1.76 bits per heavy atom. The van der Waals surface area contributed by atoms with Crippen LogP contribution in [0, 0.1) is 0 Å². The molecule has 1 atom stereocenters. The molecule has 0 bridgehead atoms. The lowest BCUT2D eigenvalue weighted by Gasteiger charge is -2.15. The predicted molar refractivity (Wildman–Crippen MR) is 110 cm³/mol. The summed E-state index contributed by atoms with van der Waals surface area (Å²) in [6, 6.07) is 9.69. The SMILES string of the molecule is CCOCc1cc(C(=O)O[C@H](C)C(=O)Nc2ccc(OC)c(Cl)c2)ccc1OC. The van der Waals surface area contributed by atoms with Crippen molar-refractivity contribution < 1.29 is 28.5 Å². The van der Waals surface area contributed by atoms with E-state index in [0.29, 0.717) is 46.5 Å². The van der Waals surface area contributed by atoms with E-state index in [1.54, 1.807) is 43.5 Å². The van der Waals surface area contributed by atoms with Crippen LogP contribution < -0.4 is 14.8 Å². The zero-order chi connectivity index (χ0) is 21.4. The minimum Gasteiger partial charge on any atom is -0.496 e. The number of esters is 1. The van der Waals surface area contributed by atoms with Crippen molar-refractivity contribution in [2.45, 2.75) is 26.6 Å². The summed E-state index contributed by atoms with van der Waals surface area (Å²) in [6.07, 6.45) is -1.01. The van der Waals surface area contributed by atoms with Crippen LogP contribution in [0.25, 0.3) is 0 Å². The van der Waals surface area contributed by atoms with Crippen molar-refractivity contribution >= 4 is 29.2 Å². The van der Waals surface area contributed by atoms with Gasteiger partial charge in [-0.3, -0.25) is 4.79 Å². The molecule has 0 heterocycles. The van der Waals surface area contributed by atoms with Crippen molar-refractivity contribution in [3.8, 4) is 11.5 Å². The Bertz CT molecular complexity index is 870. The van der Waals surface area contributed by atoms with E-state index in [-0.39, 0.29) is 0 Å². The van der Waals surface area contributed by atoms with Gasteiger partial charge in [0.25, 0.3) is 5.91 Å². The molecule has 156 valence electrons. The first-order chi connectivity index (χ1) is 13.9. The third kappa shape index (κ3) is 6.10. The number of anilines is 1. The van der Waals surface area contributed by atoms with Crippen LogP contribution in [0.3, 0.4) is 0 Å². The number of carbonyl (C=O) groups excluding carboxylic acids is 2. The number of hydrogen-bond donors (Lipinski definition) is 1. The molecule has 0 aliphatic carbocycles. The van der Waals surface area contributed by atoms with Gasteiger partial charge in [-0.1, -0.05) is 11.6 Å². The standard InChI is InChI=1S/C21H24ClNO6/c1-5-28-12-15-10-14(6-8-18(15)26-3)21(25)29-13(2)20(24)23-16-7-9-19(27-4)17(22)11-16/h6-11,13H,5,12H2,1-4H3,(H,23,24)/t13-/m1/s1. The molecule has 0 fully saturated rings. The van der Waals surface area contributed by atoms with Crippen molar-refractivity contribution in [2.75, 3.05) is 26.1 Å². The number of hydrogen-bond acceptors (Lipinski definition) is 6. The summed E-state index contributed by atoms with van der Waals surface area (Å²) < 4.78 is 21.0. The van der Waals surface area contributed by atoms with E-state index in [9.17, 15) is 9.59 Å². The molecule has 1 N–H and O–H groups in total. The first-order valence-electron chi connectivity index (χ1n) is 8.99. The van der Waals surface area contributed by atoms with Crippen LogP contribution >= 0.6 is 11.6 Å². The largest absolute Gasteiger partial charge is 0.496 e. The normalized spacial score (nSPS) is 11.5. The molecule has 0 saturated carbocycles. The van der Waals surface area contributed by atoms with Crippen molar-refractivity contribution in [1.29, 1.82) is 0 Å². The average Bonchev–Trinajstić information content (AvgIpc) is 2.71. The highest BCUT2D eigenvalue weighted by atomic mass is 35.5. The Morgan fingerprint density at radius 1 is 1.07 bits per heavy atom. The molecule has 2 aromatic rings. The van der Waals surface area contributed by atoms with E-state index < -0.39 is 18.0 Å². The molecule has 0 spiro atoms. The first-order valence-corrected chi connectivity index (χ1v) is 9.37. The van der Waals surface area contributed by atoms with E-state index in [4.69, 9.17) is 30.5 Å². The van der Waals surface area contributed by atoms with Gasteiger partial charge in [-0.05, 0) is 50.2 Å². The van der Waals surface area contributed by atoms with Crippen LogP contribution in [-0.2, 0) is 20.9 Å². The van der Waals surface area contributed by atoms with E-state index in [2.05, 4.69) is 5.32 Å². The van der Waals surface area contributed by atoms with Crippen molar-refractivity contribution in [1.82, 2.24) is 0 Å². The van der Waals surface area contributed by atoms with Crippen LogP contribution in [0.2, 0.25) is 5.02 Å². The van der Waals surface area contributed by atoms with Crippen LogP contribution in [-0.4, -0.2) is 38.8 Å². The molecule has 0 aromatic heterocycles. The summed E-state index contributed by atoms with van der Waals surface area (Å²) in [5.41, 5.74) is 1.48. The number of amides is 1. The Balaban J connectivity index is 2.03. The molecular weight excluding hydrogens is 398 g/mol. The number of ether oxygens (including phenoxy) is 4. The molecule has 0 aliphatic heterocycles. The van der Waals surface area contributed by atoms with Crippen molar-refractivity contribution in [2.24, 2.45) is 0 Å². The fourth-order valence-corrected chi connectivity index (χ4v) is 2.76. The highest BCUT2D eigenvalue weighted by Gasteiger charge is 2.20. The number of halogens is 1. The summed E-state index contributed by atoms with van der Waals surface area (Å²) in [5.74, 6) is -0.00729. The van der Waals surface area contributed by atoms with Gasteiger partial charge in [-0.2, -0.15) is 0 Å². The second-order valence-electron chi connectivity index (χ2n) is 6.05. The molecule has 29 heavy (non-hydrogen) atoms. The number of benzene rings is 2. The Morgan fingerprint density at radius 3 is 2.38 bits per heavy atom. The monoisotopic (exact) mass is 421 g/mol. The molecule has 0 saturated heterocycles. The zero-order valence-electron chi connectivity index (χ0n) is 16.8. The minimum atomic E-state index is -1.01. The fraction of sp³-hybridized carbons (Fsp3) is 0.333. The van der Waals surface area contributed by atoms with Crippen molar-refractivity contribution in [3.63, 3.8) is 0 Å². The summed E-state index contributed by atoms with van der Waals surface area (Å²) in [7, 11) is 3.04. The van der Waals surface area contributed by atoms with Gasteiger partial charge < -0.3 is 24.3 Å². The molecule has 0 aliphatic rings. The van der Waals surface area contributed by atoms with Crippen LogP contribution in [0.15, 0.2) is 36.4 Å². The minimum absolute atomic E-state index is 0.299. The lowest BCUT2D eigenvalue weighted by Crippen LogP contribution is -2.30. The third-order valence-corrected chi connectivity index (χ3v) is 4.35. The smallest absolute Gasteiger partial charge is 0.338 e. The number of nitrogens with one attached hydrogen (secondary N) is 1. The molecule has 1 amide bonds. The Kier molecular flexibility index (Phi) is 8.30. The average molecular weight is 422 g/mol. The second-order valence-corrected chi connectivity index (χ2v) is 6.46. The highest BCUT2D eigenvalue weighted by molar-refractivity contribution is 6.32. The summed E-state index contributed by atoms with van der Waals surface area (Å²) in [6.45, 7) is 4.20. The van der Waals surface area contributed by atoms with Gasteiger partial charge >= 0.3 is 5.97 Å². The van der Waals surface area contributed by atoms with Gasteiger partial charge in [-0.25, -0.2) is 4.79 Å². The lowest BCUT2D eigenvalue weighted by molar-refractivity contribution is -0.123. The van der Waals surface area contributed by atoms with Gasteiger partial charge in [0.05, 0.1) is 31.4 Å². The van der Waals surface area contributed by atoms with Crippen LogP contribution in [0.5, 0.6) is 11.5 Å². The van der Waals surface area contributed by atoms with Crippen molar-refractivity contribution in [3.05, 3.63) is 52.5 Å². The predicted octanol–water partition coefficient (Wildman–Crippen LogP) is 4.08. The quantitative estimate of drug-likeness (QED) is 0.614. The molecule has 0 radical (unpaired) electrons. The maximum Gasteiger partial charge on any atom is 0.338 e. The lowest BCUT2D eigenvalue weighted by atomic mass is 10.1. The van der Waals surface area contributed by atoms with Gasteiger partial charge in [0.2, 0.25) is 0 Å². The fourth-order valence-electron chi connectivity index (χ4n) is 2.50.